The van der Waals surface area contributed by atoms with E-state index >= 15 is 0 Å². The van der Waals surface area contributed by atoms with Gasteiger partial charge < -0.3 is 9.47 Å². The topological polar surface area (TPSA) is 71.4 Å². The molecule has 2 aromatic rings. The number of likely N-dealkylation sites (tertiary alicyclic amines) is 1. The molecule has 2 unspecified atom stereocenters. The summed E-state index contributed by atoms with van der Waals surface area (Å²) in [5, 5.41) is 0.460. The van der Waals surface area contributed by atoms with E-state index in [0.717, 1.165) is 31.1 Å². The van der Waals surface area contributed by atoms with Gasteiger partial charge in [-0.15, -0.1) is 0 Å². The van der Waals surface area contributed by atoms with Crippen LogP contribution in [-0.4, -0.2) is 37.5 Å². The molecule has 1 saturated heterocycles. The molecule has 2 bridgehead atoms. The van der Waals surface area contributed by atoms with Crippen LogP contribution in [0.15, 0.2) is 46.1 Å². The first-order chi connectivity index (χ1) is 15.4. The number of fused-ring (bicyclic) bond motifs is 4. The van der Waals surface area contributed by atoms with Crippen LogP contribution in [0.25, 0.3) is 0 Å². The van der Waals surface area contributed by atoms with Crippen molar-refractivity contribution in [3.8, 4) is 0 Å². The molecule has 8 heteroatoms. The fraction of sp³-hybridized carbons (Fsp3) is 0.542. The minimum Gasteiger partial charge on any atom is -0.310 e. The van der Waals surface area contributed by atoms with Crippen molar-refractivity contribution >= 4 is 27.3 Å². The Balaban J connectivity index is 1.35. The van der Waals surface area contributed by atoms with Crippen molar-refractivity contribution < 1.29 is 8.42 Å². The molecule has 5 rings (SSSR count). The average molecular weight is 476 g/mol. The van der Waals surface area contributed by atoms with Crippen LogP contribution in [0.1, 0.15) is 50.1 Å². The van der Waals surface area contributed by atoms with Crippen LogP contribution in [-0.2, 0) is 16.6 Å². The summed E-state index contributed by atoms with van der Waals surface area (Å²) in [5.74, 6) is 1.58. The lowest BCUT2D eigenvalue weighted by molar-refractivity contribution is 0.0968. The number of hydrogen-bond acceptors (Lipinski definition) is 4. The highest BCUT2D eigenvalue weighted by Gasteiger charge is 2.36. The molecule has 6 nitrogen and oxygen atoms in total. The molecule has 32 heavy (non-hydrogen) atoms. The van der Waals surface area contributed by atoms with Gasteiger partial charge in [-0.2, -0.15) is 0 Å². The monoisotopic (exact) mass is 475 g/mol. The maximum absolute atomic E-state index is 13.2. The zero-order chi connectivity index (χ0) is 22.3. The minimum atomic E-state index is -3.85. The number of piperidine rings is 1. The van der Waals surface area contributed by atoms with Crippen LogP contribution in [0.2, 0.25) is 5.02 Å². The van der Waals surface area contributed by atoms with Gasteiger partial charge in [-0.1, -0.05) is 30.9 Å². The summed E-state index contributed by atoms with van der Waals surface area (Å²) in [6, 6.07) is 9.48. The Morgan fingerprint density at radius 3 is 2.47 bits per heavy atom. The zero-order valence-electron chi connectivity index (χ0n) is 18.2. The molecule has 1 N–H and O–H groups in total. The Hall–Kier alpha value is -1.83. The summed E-state index contributed by atoms with van der Waals surface area (Å²) in [7, 11) is -3.85. The zero-order valence-corrected chi connectivity index (χ0v) is 19.7. The number of halogens is 1. The standard InChI is InChI=1S/C24H30ClN3O3S/c25-20-6-8-21(9-7-20)32(30,31)26-22-10-11-23-19-12-18(15-28(23)24(22)29)14-27(16-19)13-17-4-2-1-3-5-17/h6-11,17-19,26H,1-5,12-16H2. The van der Waals surface area contributed by atoms with Crippen LogP contribution < -0.4 is 10.3 Å². The predicted molar refractivity (Wildman–Crippen MR) is 127 cm³/mol. The molecule has 2 fully saturated rings. The fourth-order valence-corrected chi connectivity index (χ4v) is 7.01. The number of aromatic nitrogens is 1. The van der Waals surface area contributed by atoms with Crippen molar-refractivity contribution in [2.24, 2.45) is 11.8 Å². The number of rotatable bonds is 5. The van der Waals surface area contributed by atoms with Gasteiger partial charge >= 0.3 is 0 Å². The Kier molecular flexibility index (Phi) is 6.07. The summed E-state index contributed by atoms with van der Waals surface area (Å²) in [4.78, 5) is 15.9. The first-order valence-electron chi connectivity index (χ1n) is 11.6. The highest BCUT2D eigenvalue weighted by molar-refractivity contribution is 7.92. The molecule has 172 valence electrons. The first kappa shape index (κ1) is 22.0. The summed E-state index contributed by atoms with van der Waals surface area (Å²) < 4.78 is 29.8. The van der Waals surface area contributed by atoms with E-state index in [4.69, 9.17) is 11.6 Å². The Morgan fingerprint density at radius 2 is 1.72 bits per heavy atom. The van der Waals surface area contributed by atoms with E-state index in [1.54, 1.807) is 10.6 Å². The van der Waals surface area contributed by atoms with Gasteiger partial charge in [-0.25, -0.2) is 8.42 Å². The molecule has 1 saturated carbocycles. The van der Waals surface area contributed by atoms with Crippen molar-refractivity contribution in [3.05, 3.63) is 57.5 Å². The summed E-state index contributed by atoms with van der Waals surface area (Å²) in [5.41, 5.74) is 0.882. The molecule has 1 aromatic carbocycles. The predicted octanol–water partition coefficient (Wildman–Crippen LogP) is 4.30. The van der Waals surface area contributed by atoms with E-state index in [0.29, 0.717) is 23.4 Å². The smallest absolute Gasteiger partial charge is 0.275 e. The van der Waals surface area contributed by atoms with Crippen LogP contribution >= 0.6 is 11.6 Å². The van der Waals surface area contributed by atoms with Gasteiger partial charge in [-0.3, -0.25) is 9.52 Å². The molecule has 0 spiro atoms. The van der Waals surface area contributed by atoms with Crippen molar-refractivity contribution in [2.45, 2.75) is 55.9 Å². The average Bonchev–Trinajstić information content (AvgIpc) is 2.77. The van der Waals surface area contributed by atoms with Gasteiger partial charge in [0, 0.05) is 42.8 Å². The highest BCUT2D eigenvalue weighted by atomic mass is 35.5. The third kappa shape index (κ3) is 4.47. The van der Waals surface area contributed by atoms with E-state index in [1.165, 1.54) is 62.9 Å². The number of sulfonamides is 1. The molecule has 2 aliphatic heterocycles. The highest BCUT2D eigenvalue weighted by Crippen LogP contribution is 2.36. The maximum Gasteiger partial charge on any atom is 0.275 e. The molecule has 3 heterocycles. The largest absolute Gasteiger partial charge is 0.310 e. The lowest BCUT2D eigenvalue weighted by Gasteiger charge is -2.44. The first-order valence-corrected chi connectivity index (χ1v) is 13.5. The molecule has 3 aliphatic rings. The normalized spacial score (nSPS) is 24.2. The van der Waals surface area contributed by atoms with Gasteiger partial charge in [0.05, 0.1) is 4.90 Å². The summed E-state index contributed by atoms with van der Waals surface area (Å²) >= 11 is 5.87. The van der Waals surface area contributed by atoms with E-state index in [1.807, 2.05) is 6.07 Å². The fourth-order valence-electron chi connectivity index (χ4n) is 5.82. The van der Waals surface area contributed by atoms with Gasteiger partial charge in [0.15, 0.2) is 0 Å². The van der Waals surface area contributed by atoms with Crippen LogP contribution in [0.3, 0.4) is 0 Å². The molecular formula is C24H30ClN3O3S. The van der Waals surface area contributed by atoms with E-state index in [2.05, 4.69) is 9.62 Å². The van der Waals surface area contributed by atoms with Crippen molar-refractivity contribution in [1.82, 2.24) is 9.47 Å². The minimum absolute atomic E-state index is 0.0826. The lowest BCUT2D eigenvalue weighted by atomic mass is 9.81. The quantitative estimate of drug-likeness (QED) is 0.699. The number of nitrogens with one attached hydrogen (secondary N) is 1. The molecule has 0 radical (unpaired) electrons. The summed E-state index contributed by atoms with van der Waals surface area (Å²) in [6.45, 7) is 3.85. The van der Waals surface area contributed by atoms with Gasteiger partial charge in [0.2, 0.25) is 0 Å². The third-order valence-corrected chi connectivity index (χ3v) is 8.92. The van der Waals surface area contributed by atoms with Crippen LogP contribution in [0, 0.1) is 11.8 Å². The Morgan fingerprint density at radius 1 is 0.969 bits per heavy atom. The number of anilines is 1. The second-order valence-corrected chi connectivity index (χ2v) is 11.8. The molecule has 1 aromatic heterocycles. The number of pyridine rings is 1. The van der Waals surface area contributed by atoms with Gasteiger partial charge in [0.1, 0.15) is 5.69 Å². The SMILES string of the molecule is O=c1c(NS(=O)(=O)c2ccc(Cl)cc2)ccc2n1CC1CC2CN(CC2CCCCC2)C1. The van der Waals surface area contributed by atoms with E-state index < -0.39 is 10.0 Å². The van der Waals surface area contributed by atoms with Gasteiger partial charge in [0.25, 0.3) is 15.6 Å². The van der Waals surface area contributed by atoms with E-state index in [9.17, 15) is 13.2 Å². The summed E-state index contributed by atoms with van der Waals surface area (Å²) in [6.07, 6.45) is 7.90. The Labute approximate surface area is 194 Å². The second-order valence-electron chi connectivity index (χ2n) is 9.67. The Bertz CT molecular complexity index is 1140. The molecule has 0 amide bonds. The van der Waals surface area contributed by atoms with Crippen LogP contribution in [0.5, 0.6) is 0 Å². The van der Waals surface area contributed by atoms with Gasteiger partial charge in [-0.05, 0) is 67.5 Å². The molecule has 2 atom stereocenters. The number of hydrogen-bond donors (Lipinski definition) is 1. The molecular weight excluding hydrogens is 446 g/mol. The second kappa shape index (κ2) is 8.84. The van der Waals surface area contributed by atoms with E-state index in [-0.39, 0.29) is 16.1 Å². The maximum atomic E-state index is 13.2. The number of benzene rings is 1. The number of nitrogens with zero attached hydrogens (tertiary/aromatic N) is 2. The lowest BCUT2D eigenvalue weighted by Crippen LogP contribution is -2.48. The van der Waals surface area contributed by atoms with Crippen molar-refractivity contribution in [2.75, 3.05) is 24.4 Å². The van der Waals surface area contributed by atoms with Crippen molar-refractivity contribution in [1.29, 1.82) is 0 Å². The molecule has 1 aliphatic carbocycles. The van der Waals surface area contributed by atoms with Crippen LogP contribution in [0.4, 0.5) is 5.69 Å². The van der Waals surface area contributed by atoms with Crippen molar-refractivity contribution in [3.63, 3.8) is 0 Å². The third-order valence-electron chi connectivity index (χ3n) is 7.29.